The maximum Gasteiger partial charge on any atom is 0.0234 e. The Labute approximate surface area is 118 Å². The van der Waals surface area contributed by atoms with Crippen LogP contribution >= 0.6 is 0 Å². The summed E-state index contributed by atoms with van der Waals surface area (Å²) >= 11 is 0. The molecule has 0 saturated carbocycles. The van der Waals surface area contributed by atoms with Crippen LogP contribution in [-0.4, -0.2) is 30.6 Å². The minimum Gasteiger partial charge on any atom is -0.312 e. The summed E-state index contributed by atoms with van der Waals surface area (Å²) < 4.78 is 0. The highest BCUT2D eigenvalue weighted by molar-refractivity contribution is 5.22. The third kappa shape index (κ3) is 4.96. The number of hydrogen-bond donors (Lipinski definition) is 1. The Morgan fingerprint density at radius 1 is 1.37 bits per heavy atom. The van der Waals surface area contributed by atoms with Gasteiger partial charge >= 0.3 is 0 Å². The molecular weight excluding hydrogens is 232 g/mol. The van der Waals surface area contributed by atoms with Gasteiger partial charge in [0.05, 0.1) is 0 Å². The van der Waals surface area contributed by atoms with E-state index in [0.29, 0.717) is 6.04 Å². The van der Waals surface area contributed by atoms with Crippen LogP contribution in [0.4, 0.5) is 0 Å². The van der Waals surface area contributed by atoms with Crippen LogP contribution in [0.3, 0.4) is 0 Å². The molecule has 1 N–H and O–H groups in total. The molecule has 2 nitrogen and oxygen atoms in total. The Morgan fingerprint density at radius 3 is 2.95 bits per heavy atom. The van der Waals surface area contributed by atoms with E-state index in [9.17, 15) is 0 Å². The first-order valence-corrected chi connectivity index (χ1v) is 7.65. The highest BCUT2D eigenvalue weighted by Crippen LogP contribution is 2.14. The molecule has 0 bridgehead atoms. The number of nitrogens with one attached hydrogen (secondary N) is 1. The third-order valence-corrected chi connectivity index (χ3v) is 3.81. The molecule has 1 aliphatic rings. The normalized spacial score (nSPS) is 20.9. The van der Waals surface area contributed by atoms with E-state index in [1.165, 1.54) is 37.1 Å². The summed E-state index contributed by atoms with van der Waals surface area (Å²) in [5.74, 6) is 0.743. The van der Waals surface area contributed by atoms with Crippen LogP contribution in [0.5, 0.6) is 0 Å². The number of rotatable bonds is 5. The Hall–Kier alpha value is -0.860. The monoisotopic (exact) mass is 260 g/mol. The van der Waals surface area contributed by atoms with E-state index in [1.807, 2.05) is 0 Å². The van der Waals surface area contributed by atoms with Crippen LogP contribution in [0.25, 0.3) is 0 Å². The molecule has 2 heteroatoms. The minimum atomic E-state index is 0.681. The van der Waals surface area contributed by atoms with E-state index in [2.05, 4.69) is 55.3 Å². The molecule has 1 aromatic carbocycles. The van der Waals surface area contributed by atoms with Crippen molar-refractivity contribution in [3.63, 3.8) is 0 Å². The molecule has 0 aliphatic carbocycles. The lowest BCUT2D eigenvalue weighted by atomic mass is 10.0. The number of nitrogens with zero attached hydrogens (tertiary/aromatic N) is 1. The Bertz CT molecular complexity index is 387. The molecule has 1 atom stereocenters. The topological polar surface area (TPSA) is 15.3 Å². The van der Waals surface area contributed by atoms with Crippen molar-refractivity contribution in [2.75, 3.05) is 19.6 Å². The number of benzene rings is 1. The van der Waals surface area contributed by atoms with Gasteiger partial charge in [0.15, 0.2) is 0 Å². The first kappa shape index (κ1) is 14.5. The van der Waals surface area contributed by atoms with E-state index in [1.54, 1.807) is 0 Å². The number of hydrogen-bond acceptors (Lipinski definition) is 2. The van der Waals surface area contributed by atoms with Crippen LogP contribution in [0, 0.1) is 12.8 Å². The summed E-state index contributed by atoms with van der Waals surface area (Å²) in [7, 11) is 0. The first-order chi connectivity index (χ1) is 9.13. The second kappa shape index (κ2) is 7.06. The molecule has 0 radical (unpaired) electrons. The van der Waals surface area contributed by atoms with Gasteiger partial charge in [0.2, 0.25) is 0 Å². The average molecular weight is 260 g/mol. The van der Waals surface area contributed by atoms with Gasteiger partial charge in [-0.3, -0.25) is 4.90 Å². The lowest BCUT2D eigenvalue weighted by molar-refractivity contribution is 0.181. The van der Waals surface area contributed by atoms with Crippen molar-refractivity contribution in [2.24, 2.45) is 5.92 Å². The predicted molar refractivity (Wildman–Crippen MR) is 82.3 cm³/mol. The standard InChI is InChI=1S/C17H28N2/c1-14(2)11-18-17-8-5-9-19(13-17)12-16-7-4-6-15(3)10-16/h4,6-7,10,14,17-18H,5,8-9,11-13H2,1-3H3. The van der Waals surface area contributed by atoms with Crippen molar-refractivity contribution >= 4 is 0 Å². The van der Waals surface area contributed by atoms with Gasteiger partial charge in [0.1, 0.15) is 0 Å². The van der Waals surface area contributed by atoms with Crippen LogP contribution < -0.4 is 5.32 Å². The third-order valence-electron chi connectivity index (χ3n) is 3.81. The van der Waals surface area contributed by atoms with Gasteiger partial charge in [-0.05, 0) is 44.3 Å². The van der Waals surface area contributed by atoms with Crippen molar-refractivity contribution in [2.45, 2.75) is 46.2 Å². The van der Waals surface area contributed by atoms with Crippen LogP contribution in [0.1, 0.15) is 37.8 Å². The molecule has 0 amide bonds. The van der Waals surface area contributed by atoms with Crippen molar-refractivity contribution < 1.29 is 0 Å². The second-order valence-electron chi connectivity index (χ2n) is 6.37. The molecule has 106 valence electrons. The molecule has 2 rings (SSSR count). The van der Waals surface area contributed by atoms with Crippen LogP contribution in [-0.2, 0) is 6.54 Å². The van der Waals surface area contributed by atoms with Gasteiger partial charge in [-0.2, -0.15) is 0 Å². The van der Waals surface area contributed by atoms with E-state index in [-0.39, 0.29) is 0 Å². The van der Waals surface area contributed by atoms with Gasteiger partial charge in [0, 0.05) is 19.1 Å². The largest absolute Gasteiger partial charge is 0.312 e. The van der Waals surface area contributed by atoms with E-state index >= 15 is 0 Å². The smallest absolute Gasteiger partial charge is 0.0234 e. The number of likely N-dealkylation sites (tertiary alicyclic amines) is 1. The zero-order valence-corrected chi connectivity index (χ0v) is 12.7. The highest BCUT2D eigenvalue weighted by Gasteiger charge is 2.19. The van der Waals surface area contributed by atoms with Crippen LogP contribution in [0.2, 0.25) is 0 Å². The van der Waals surface area contributed by atoms with Crippen LogP contribution in [0.15, 0.2) is 24.3 Å². The van der Waals surface area contributed by atoms with E-state index in [4.69, 9.17) is 0 Å². The molecule has 0 spiro atoms. The Balaban J connectivity index is 1.83. The van der Waals surface area contributed by atoms with Gasteiger partial charge in [-0.25, -0.2) is 0 Å². The van der Waals surface area contributed by atoms with Gasteiger partial charge < -0.3 is 5.32 Å². The number of aryl methyl sites for hydroxylation is 1. The fourth-order valence-electron chi connectivity index (χ4n) is 2.84. The van der Waals surface area contributed by atoms with Gasteiger partial charge in [-0.15, -0.1) is 0 Å². The van der Waals surface area contributed by atoms with Crippen molar-refractivity contribution in [3.8, 4) is 0 Å². The second-order valence-corrected chi connectivity index (χ2v) is 6.37. The summed E-state index contributed by atoms with van der Waals surface area (Å²) in [4.78, 5) is 2.59. The van der Waals surface area contributed by atoms with Crippen molar-refractivity contribution in [3.05, 3.63) is 35.4 Å². The first-order valence-electron chi connectivity index (χ1n) is 7.65. The Morgan fingerprint density at radius 2 is 2.21 bits per heavy atom. The summed E-state index contributed by atoms with van der Waals surface area (Å²) in [5.41, 5.74) is 2.81. The maximum absolute atomic E-state index is 3.71. The quantitative estimate of drug-likeness (QED) is 0.874. The summed E-state index contributed by atoms with van der Waals surface area (Å²) in [6, 6.07) is 9.58. The zero-order chi connectivity index (χ0) is 13.7. The van der Waals surface area contributed by atoms with Gasteiger partial charge in [-0.1, -0.05) is 43.7 Å². The lowest BCUT2D eigenvalue weighted by Crippen LogP contribution is -2.46. The summed E-state index contributed by atoms with van der Waals surface area (Å²) in [5, 5.41) is 3.71. The highest BCUT2D eigenvalue weighted by atomic mass is 15.2. The molecule has 1 saturated heterocycles. The lowest BCUT2D eigenvalue weighted by Gasteiger charge is -2.33. The SMILES string of the molecule is Cc1cccc(CN2CCCC(NCC(C)C)C2)c1. The molecule has 1 unspecified atom stereocenters. The molecular formula is C17H28N2. The zero-order valence-electron chi connectivity index (χ0n) is 12.7. The molecule has 19 heavy (non-hydrogen) atoms. The summed E-state index contributed by atoms with van der Waals surface area (Å²) in [6.07, 6.45) is 2.65. The maximum atomic E-state index is 3.71. The van der Waals surface area contributed by atoms with Crippen molar-refractivity contribution in [1.82, 2.24) is 10.2 Å². The fraction of sp³-hybridized carbons (Fsp3) is 0.647. The molecule has 1 aromatic rings. The van der Waals surface area contributed by atoms with E-state index in [0.717, 1.165) is 19.0 Å². The van der Waals surface area contributed by atoms with E-state index < -0.39 is 0 Å². The predicted octanol–water partition coefficient (Wildman–Crippen LogP) is 3.21. The minimum absolute atomic E-state index is 0.681. The summed E-state index contributed by atoms with van der Waals surface area (Å²) in [6.45, 7) is 11.4. The Kier molecular flexibility index (Phi) is 5.41. The number of piperidine rings is 1. The van der Waals surface area contributed by atoms with Gasteiger partial charge in [0.25, 0.3) is 0 Å². The molecule has 1 fully saturated rings. The fourth-order valence-corrected chi connectivity index (χ4v) is 2.84. The average Bonchev–Trinajstić information content (AvgIpc) is 2.37. The molecule has 0 aromatic heterocycles. The molecule has 1 heterocycles. The van der Waals surface area contributed by atoms with Crippen molar-refractivity contribution in [1.29, 1.82) is 0 Å². The molecule has 1 aliphatic heterocycles.